The van der Waals surface area contributed by atoms with E-state index in [1.165, 1.54) is 21.9 Å². The van der Waals surface area contributed by atoms with E-state index in [9.17, 15) is 4.79 Å². The molecule has 0 heterocycles. The van der Waals surface area contributed by atoms with Gasteiger partial charge in [0.05, 0.1) is 0 Å². The van der Waals surface area contributed by atoms with Gasteiger partial charge in [0.2, 0.25) is 5.91 Å². The third kappa shape index (κ3) is 3.98. The zero-order valence-corrected chi connectivity index (χ0v) is 13.1. The number of carbonyl (C=O) groups excluding carboxylic acids is 1. The van der Waals surface area contributed by atoms with Crippen LogP contribution in [0.2, 0.25) is 0 Å². The standard InChI is InChI=1S/C21H21NO/c22-21(23)20(13-10-16-6-2-1-3-7-16)15-17-11-12-18-8-4-5-9-19(18)14-17/h1-9,11-12,14,20H,10,13,15H2,(H2,22,23). The molecule has 0 saturated heterocycles. The maximum Gasteiger partial charge on any atom is 0.220 e. The van der Waals surface area contributed by atoms with Gasteiger partial charge in [0, 0.05) is 5.92 Å². The van der Waals surface area contributed by atoms with Gasteiger partial charge in [0.25, 0.3) is 0 Å². The van der Waals surface area contributed by atoms with E-state index in [-0.39, 0.29) is 11.8 Å². The maximum atomic E-state index is 11.8. The van der Waals surface area contributed by atoms with Gasteiger partial charge in [-0.3, -0.25) is 4.79 Å². The first-order chi connectivity index (χ1) is 11.2. The van der Waals surface area contributed by atoms with Crippen molar-refractivity contribution in [2.45, 2.75) is 19.3 Å². The summed E-state index contributed by atoms with van der Waals surface area (Å²) in [5, 5.41) is 2.42. The minimum atomic E-state index is -0.214. The van der Waals surface area contributed by atoms with Crippen molar-refractivity contribution < 1.29 is 4.79 Å². The maximum absolute atomic E-state index is 11.8. The number of nitrogens with two attached hydrogens (primary N) is 1. The zero-order chi connectivity index (χ0) is 16.1. The van der Waals surface area contributed by atoms with Crippen molar-refractivity contribution in [2.24, 2.45) is 11.7 Å². The molecule has 0 bridgehead atoms. The lowest BCUT2D eigenvalue weighted by atomic mass is 9.91. The van der Waals surface area contributed by atoms with Gasteiger partial charge in [-0.1, -0.05) is 72.8 Å². The molecule has 1 amide bonds. The van der Waals surface area contributed by atoms with Crippen LogP contribution < -0.4 is 5.73 Å². The second-order valence-corrected chi connectivity index (χ2v) is 6.01. The second-order valence-electron chi connectivity index (χ2n) is 6.01. The molecule has 3 rings (SSSR count). The number of primary amides is 1. The van der Waals surface area contributed by atoms with Gasteiger partial charge < -0.3 is 5.73 Å². The third-order valence-corrected chi connectivity index (χ3v) is 4.32. The summed E-state index contributed by atoms with van der Waals surface area (Å²) in [6, 6.07) is 24.9. The molecular weight excluding hydrogens is 282 g/mol. The molecule has 1 atom stereocenters. The topological polar surface area (TPSA) is 43.1 Å². The van der Waals surface area contributed by atoms with Crippen molar-refractivity contribution >= 4 is 16.7 Å². The highest BCUT2D eigenvalue weighted by molar-refractivity contribution is 5.83. The highest BCUT2D eigenvalue weighted by Gasteiger charge is 2.16. The average molecular weight is 303 g/mol. The van der Waals surface area contributed by atoms with E-state index in [1.54, 1.807) is 0 Å². The van der Waals surface area contributed by atoms with Crippen LogP contribution in [0.15, 0.2) is 72.8 Å². The summed E-state index contributed by atoms with van der Waals surface area (Å²) < 4.78 is 0. The molecule has 0 saturated carbocycles. The molecule has 116 valence electrons. The Kier molecular flexibility index (Phi) is 4.72. The van der Waals surface area contributed by atoms with Crippen LogP contribution in [0.1, 0.15) is 17.5 Å². The van der Waals surface area contributed by atoms with E-state index in [4.69, 9.17) is 5.73 Å². The van der Waals surface area contributed by atoms with Gasteiger partial charge in [-0.15, -0.1) is 0 Å². The van der Waals surface area contributed by atoms with Crippen LogP contribution in [0.4, 0.5) is 0 Å². The summed E-state index contributed by atoms with van der Waals surface area (Å²) in [7, 11) is 0. The first kappa shape index (κ1) is 15.3. The van der Waals surface area contributed by atoms with Crippen LogP contribution >= 0.6 is 0 Å². The fourth-order valence-corrected chi connectivity index (χ4v) is 2.98. The lowest BCUT2D eigenvalue weighted by molar-refractivity contribution is -0.121. The van der Waals surface area contributed by atoms with E-state index < -0.39 is 0 Å². The van der Waals surface area contributed by atoms with E-state index in [0.717, 1.165) is 12.8 Å². The Hall–Kier alpha value is -2.61. The fraction of sp³-hybridized carbons (Fsp3) is 0.190. The average Bonchev–Trinajstić information content (AvgIpc) is 2.59. The fourth-order valence-electron chi connectivity index (χ4n) is 2.98. The van der Waals surface area contributed by atoms with E-state index in [2.05, 4.69) is 42.5 Å². The van der Waals surface area contributed by atoms with Gasteiger partial charge >= 0.3 is 0 Å². The van der Waals surface area contributed by atoms with Crippen LogP contribution in [-0.4, -0.2) is 5.91 Å². The Morgan fingerprint density at radius 3 is 2.26 bits per heavy atom. The lowest BCUT2D eigenvalue weighted by Gasteiger charge is -2.14. The second kappa shape index (κ2) is 7.10. The molecule has 0 aliphatic rings. The molecule has 0 aliphatic carbocycles. The summed E-state index contributed by atoms with van der Waals surface area (Å²) in [6.45, 7) is 0. The lowest BCUT2D eigenvalue weighted by Crippen LogP contribution is -2.25. The van der Waals surface area contributed by atoms with Crippen LogP contribution in [0.25, 0.3) is 10.8 Å². The molecule has 2 nitrogen and oxygen atoms in total. The minimum Gasteiger partial charge on any atom is -0.369 e. The molecule has 2 heteroatoms. The highest BCUT2D eigenvalue weighted by Crippen LogP contribution is 2.20. The summed E-state index contributed by atoms with van der Waals surface area (Å²) in [5.74, 6) is -0.342. The summed E-state index contributed by atoms with van der Waals surface area (Å²) in [5.41, 5.74) is 8.04. The van der Waals surface area contributed by atoms with Crippen molar-refractivity contribution in [3.8, 4) is 0 Å². The molecule has 23 heavy (non-hydrogen) atoms. The van der Waals surface area contributed by atoms with Crippen LogP contribution in [-0.2, 0) is 17.6 Å². The smallest absolute Gasteiger partial charge is 0.220 e. The number of aryl methyl sites for hydroxylation is 1. The van der Waals surface area contributed by atoms with Gasteiger partial charge in [-0.25, -0.2) is 0 Å². The SMILES string of the molecule is NC(=O)C(CCc1ccccc1)Cc1ccc2ccccc2c1. The highest BCUT2D eigenvalue weighted by atomic mass is 16.1. The molecule has 0 spiro atoms. The third-order valence-electron chi connectivity index (χ3n) is 4.32. The van der Waals surface area contributed by atoms with E-state index in [1.807, 2.05) is 30.3 Å². The van der Waals surface area contributed by atoms with Crippen LogP contribution in [0.3, 0.4) is 0 Å². The Bertz CT molecular complexity index is 795. The summed E-state index contributed by atoms with van der Waals surface area (Å²) in [6.07, 6.45) is 2.36. The van der Waals surface area contributed by atoms with Crippen molar-refractivity contribution in [2.75, 3.05) is 0 Å². The van der Waals surface area contributed by atoms with E-state index in [0.29, 0.717) is 6.42 Å². The largest absolute Gasteiger partial charge is 0.369 e. The molecule has 3 aromatic carbocycles. The number of fused-ring (bicyclic) bond motifs is 1. The zero-order valence-electron chi connectivity index (χ0n) is 13.1. The number of carbonyl (C=O) groups is 1. The Morgan fingerprint density at radius 1 is 0.826 bits per heavy atom. The van der Waals surface area contributed by atoms with Gasteiger partial charge in [-0.05, 0) is 41.2 Å². The number of rotatable bonds is 6. The molecule has 1 unspecified atom stereocenters. The molecule has 0 aromatic heterocycles. The van der Waals surface area contributed by atoms with E-state index >= 15 is 0 Å². The Balaban J connectivity index is 1.72. The van der Waals surface area contributed by atoms with Gasteiger partial charge in [0.1, 0.15) is 0 Å². The predicted octanol–water partition coefficient (Wildman–Crippen LogP) is 4.12. The molecule has 0 aliphatic heterocycles. The predicted molar refractivity (Wildman–Crippen MR) is 95.1 cm³/mol. The first-order valence-electron chi connectivity index (χ1n) is 8.03. The number of benzene rings is 3. The number of hydrogen-bond donors (Lipinski definition) is 1. The Labute approximate surface area is 136 Å². The quantitative estimate of drug-likeness (QED) is 0.731. The van der Waals surface area contributed by atoms with Crippen molar-refractivity contribution in [3.63, 3.8) is 0 Å². The molecule has 0 fully saturated rings. The summed E-state index contributed by atoms with van der Waals surface area (Å²) >= 11 is 0. The van der Waals surface area contributed by atoms with Crippen LogP contribution in [0, 0.1) is 5.92 Å². The van der Waals surface area contributed by atoms with Crippen LogP contribution in [0.5, 0.6) is 0 Å². The Morgan fingerprint density at radius 2 is 1.52 bits per heavy atom. The molecule has 2 N–H and O–H groups in total. The molecule has 0 radical (unpaired) electrons. The molecular formula is C21H21NO. The first-order valence-corrected chi connectivity index (χ1v) is 8.03. The van der Waals surface area contributed by atoms with Gasteiger partial charge in [0.15, 0.2) is 0 Å². The van der Waals surface area contributed by atoms with Crippen molar-refractivity contribution in [3.05, 3.63) is 83.9 Å². The summed E-state index contributed by atoms with van der Waals surface area (Å²) in [4.78, 5) is 11.8. The number of hydrogen-bond acceptors (Lipinski definition) is 1. The molecule has 3 aromatic rings. The van der Waals surface area contributed by atoms with Crippen molar-refractivity contribution in [1.82, 2.24) is 0 Å². The monoisotopic (exact) mass is 303 g/mol. The number of amides is 1. The normalized spacial score (nSPS) is 12.2. The van der Waals surface area contributed by atoms with Gasteiger partial charge in [-0.2, -0.15) is 0 Å². The van der Waals surface area contributed by atoms with Crippen molar-refractivity contribution in [1.29, 1.82) is 0 Å². The minimum absolute atomic E-state index is 0.128.